The molecule has 1 aromatic rings. The van der Waals surface area contributed by atoms with Gasteiger partial charge in [-0.25, -0.2) is 0 Å². The second-order valence-corrected chi connectivity index (χ2v) is 5.78. The third kappa shape index (κ3) is 7.35. The van der Waals surface area contributed by atoms with Crippen LogP contribution in [0.25, 0.3) is 0 Å². The van der Waals surface area contributed by atoms with Crippen LogP contribution < -0.4 is 20.1 Å². The van der Waals surface area contributed by atoms with Crippen molar-refractivity contribution in [2.45, 2.75) is 40.5 Å². The lowest BCUT2D eigenvalue weighted by Gasteiger charge is -2.14. The number of carbonyl (C=O) groups excluding carboxylic acids is 2. The standard InChI is InChI=1S/C18H28N2O4/c1-5-23-14-8-9-16(24-6-2)15(11-14)20-18(22)12-19-17(21)10-7-13(3)4/h8-9,11,13H,5-7,10,12H2,1-4H3,(H,19,21)(H,20,22). The molecule has 0 aliphatic rings. The lowest BCUT2D eigenvalue weighted by atomic mass is 10.1. The average molecular weight is 336 g/mol. The van der Waals surface area contributed by atoms with Gasteiger partial charge in [-0.1, -0.05) is 13.8 Å². The molecule has 0 fully saturated rings. The van der Waals surface area contributed by atoms with E-state index in [9.17, 15) is 9.59 Å². The summed E-state index contributed by atoms with van der Waals surface area (Å²) < 4.78 is 10.9. The first-order valence-electron chi connectivity index (χ1n) is 8.42. The number of amides is 2. The first kappa shape index (κ1) is 19.8. The molecule has 0 atom stereocenters. The van der Waals surface area contributed by atoms with E-state index in [1.165, 1.54) is 0 Å². The van der Waals surface area contributed by atoms with Gasteiger partial charge in [0.05, 0.1) is 25.4 Å². The van der Waals surface area contributed by atoms with E-state index in [1.54, 1.807) is 18.2 Å². The van der Waals surface area contributed by atoms with Gasteiger partial charge in [-0.05, 0) is 38.3 Å². The molecule has 0 spiro atoms. The van der Waals surface area contributed by atoms with Crippen LogP contribution >= 0.6 is 0 Å². The zero-order chi connectivity index (χ0) is 17.9. The number of nitrogens with one attached hydrogen (secondary N) is 2. The zero-order valence-corrected chi connectivity index (χ0v) is 15.0. The summed E-state index contributed by atoms with van der Waals surface area (Å²) >= 11 is 0. The van der Waals surface area contributed by atoms with Crippen LogP contribution in [0.3, 0.4) is 0 Å². The maximum absolute atomic E-state index is 12.1. The van der Waals surface area contributed by atoms with Crippen LogP contribution in [-0.4, -0.2) is 31.6 Å². The van der Waals surface area contributed by atoms with Crippen molar-refractivity contribution < 1.29 is 19.1 Å². The van der Waals surface area contributed by atoms with E-state index in [2.05, 4.69) is 24.5 Å². The fourth-order valence-corrected chi connectivity index (χ4v) is 2.03. The highest BCUT2D eigenvalue weighted by Crippen LogP contribution is 2.29. The van der Waals surface area contributed by atoms with E-state index < -0.39 is 0 Å². The molecule has 2 amide bonds. The van der Waals surface area contributed by atoms with Gasteiger partial charge in [0.15, 0.2) is 0 Å². The number of rotatable bonds is 10. The highest BCUT2D eigenvalue weighted by Gasteiger charge is 2.11. The average Bonchev–Trinajstić information content (AvgIpc) is 2.54. The van der Waals surface area contributed by atoms with Gasteiger partial charge in [0.2, 0.25) is 11.8 Å². The molecular weight excluding hydrogens is 308 g/mol. The summed E-state index contributed by atoms with van der Waals surface area (Å²) in [6, 6.07) is 5.26. The molecule has 0 unspecified atom stereocenters. The summed E-state index contributed by atoms with van der Waals surface area (Å²) in [6.45, 7) is 8.83. The maximum Gasteiger partial charge on any atom is 0.243 e. The predicted molar refractivity (Wildman–Crippen MR) is 94.5 cm³/mol. The largest absolute Gasteiger partial charge is 0.494 e. The van der Waals surface area contributed by atoms with E-state index in [1.807, 2.05) is 13.8 Å². The Morgan fingerprint density at radius 2 is 1.79 bits per heavy atom. The number of hydrogen-bond donors (Lipinski definition) is 2. The first-order chi connectivity index (χ1) is 11.5. The monoisotopic (exact) mass is 336 g/mol. The summed E-state index contributed by atoms with van der Waals surface area (Å²) in [5, 5.41) is 5.38. The number of ether oxygens (including phenoxy) is 2. The van der Waals surface area contributed by atoms with Crippen LogP contribution in [0, 0.1) is 5.92 Å². The molecule has 0 bridgehead atoms. The molecule has 24 heavy (non-hydrogen) atoms. The van der Waals surface area contributed by atoms with Gasteiger partial charge < -0.3 is 20.1 Å². The Morgan fingerprint density at radius 1 is 1.08 bits per heavy atom. The molecule has 1 aromatic carbocycles. The molecule has 0 aromatic heterocycles. The quantitative estimate of drug-likeness (QED) is 0.689. The van der Waals surface area contributed by atoms with Crippen LogP contribution in [0.1, 0.15) is 40.5 Å². The fourth-order valence-electron chi connectivity index (χ4n) is 2.03. The van der Waals surface area contributed by atoms with Gasteiger partial charge in [-0.2, -0.15) is 0 Å². The molecule has 1 rings (SSSR count). The summed E-state index contributed by atoms with van der Waals surface area (Å²) in [6.07, 6.45) is 1.23. The molecule has 0 aliphatic carbocycles. The minimum Gasteiger partial charge on any atom is -0.494 e. The Balaban J connectivity index is 2.61. The fraction of sp³-hybridized carbons (Fsp3) is 0.556. The smallest absolute Gasteiger partial charge is 0.243 e. The molecule has 0 radical (unpaired) electrons. The van der Waals surface area contributed by atoms with Crippen LogP contribution in [0.5, 0.6) is 11.5 Å². The second kappa shape index (κ2) is 10.5. The van der Waals surface area contributed by atoms with Crippen LogP contribution in [0.2, 0.25) is 0 Å². The molecule has 0 saturated carbocycles. The van der Waals surface area contributed by atoms with Crippen molar-refractivity contribution in [3.05, 3.63) is 18.2 Å². The second-order valence-electron chi connectivity index (χ2n) is 5.78. The Morgan fingerprint density at radius 3 is 2.42 bits per heavy atom. The van der Waals surface area contributed by atoms with Gasteiger partial charge in [0.1, 0.15) is 11.5 Å². The summed E-state index contributed by atoms with van der Waals surface area (Å²) in [4.78, 5) is 23.7. The summed E-state index contributed by atoms with van der Waals surface area (Å²) in [5.74, 6) is 1.26. The molecule has 2 N–H and O–H groups in total. The normalized spacial score (nSPS) is 10.4. The Hall–Kier alpha value is -2.24. The zero-order valence-electron chi connectivity index (χ0n) is 15.0. The predicted octanol–water partition coefficient (Wildman–Crippen LogP) is 2.97. The van der Waals surface area contributed by atoms with Gasteiger partial charge in [-0.3, -0.25) is 9.59 Å². The van der Waals surface area contributed by atoms with Gasteiger partial charge in [0, 0.05) is 12.5 Å². The van der Waals surface area contributed by atoms with Gasteiger partial charge in [0.25, 0.3) is 0 Å². The van der Waals surface area contributed by atoms with Crippen molar-refractivity contribution in [2.75, 3.05) is 25.1 Å². The number of hydrogen-bond acceptors (Lipinski definition) is 4. The van der Waals surface area contributed by atoms with E-state index in [-0.39, 0.29) is 18.4 Å². The number of anilines is 1. The molecule has 0 aliphatic heterocycles. The summed E-state index contributed by atoms with van der Waals surface area (Å²) in [7, 11) is 0. The van der Waals surface area contributed by atoms with Crippen molar-refractivity contribution in [2.24, 2.45) is 5.92 Å². The molecule has 134 valence electrons. The Bertz CT molecular complexity index is 544. The number of benzene rings is 1. The third-order valence-corrected chi connectivity index (χ3v) is 3.23. The van der Waals surface area contributed by atoms with Crippen molar-refractivity contribution in [3.8, 4) is 11.5 Å². The molecule has 0 heterocycles. The number of carbonyl (C=O) groups is 2. The SMILES string of the molecule is CCOc1ccc(OCC)c(NC(=O)CNC(=O)CCC(C)C)c1. The lowest BCUT2D eigenvalue weighted by Crippen LogP contribution is -2.32. The Labute approximate surface area is 143 Å². The van der Waals surface area contributed by atoms with Crippen LogP contribution in [-0.2, 0) is 9.59 Å². The van der Waals surface area contributed by atoms with Gasteiger partial charge in [-0.15, -0.1) is 0 Å². The van der Waals surface area contributed by atoms with Crippen molar-refractivity contribution >= 4 is 17.5 Å². The summed E-state index contributed by atoms with van der Waals surface area (Å²) in [5.41, 5.74) is 0.532. The topological polar surface area (TPSA) is 76.7 Å². The molecule has 6 nitrogen and oxygen atoms in total. The van der Waals surface area contributed by atoms with E-state index in [0.29, 0.717) is 42.7 Å². The van der Waals surface area contributed by atoms with Gasteiger partial charge >= 0.3 is 0 Å². The molecule has 6 heteroatoms. The van der Waals surface area contributed by atoms with Crippen LogP contribution in [0.15, 0.2) is 18.2 Å². The van der Waals surface area contributed by atoms with Crippen LogP contribution in [0.4, 0.5) is 5.69 Å². The minimum absolute atomic E-state index is 0.0681. The minimum atomic E-state index is -0.303. The van der Waals surface area contributed by atoms with E-state index >= 15 is 0 Å². The molecule has 0 saturated heterocycles. The van der Waals surface area contributed by atoms with Crippen molar-refractivity contribution in [1.82, 2.24) is 5.32 Å². The highest BCUT2D eigenvalue weighted by atomic mass is 16.5. The van der Waals surface area contributed by atoms with Crippen molar-refractivity contribution in [3.63, 3.8) is 0 Å². The van der Waals surface area contributed by atoms with E-state index in [4.69, 9.17) is 9.47 Å². The Kier molecular flexibility index (Phi) is 8.68. The third-order valence-electron chi connectivity index (χ3n) is 3.23. The first-order valence-corrected chi connectivity index (χ1v) is 8.42. The van der Waals surface area contributed by atoms with E-state index in [0.717, 1.165) is 6.42 Å². The lowest BCUT2D eigenvalue weighted by molar-refractivity contribution is -0.124. The molecular formula is C18H28N2O4. The van der Waals surface area contributed by atoms with Crippen molar-refractivity contribution in [1.29, 1.82) is 0 Å². The highest BCUT2D eigenvalue weighted by molar-refractivity contribution is 5.95. The maximum atomic E-state index is 12.1.